The van der Waals surface area contributed by atoms with Crippen LogP contribution in [-0.4, -0.2) is 46.2 Å². The number of rotatable bonds is 5. The monoisotopic (exact) mass is 310 g/mol. The number of hydrogen-bond acceptors (Lipinski definition) is 8. The van der Waals surface area contributed by atoms with Crippen molar-refractivity contribution in [2.75, 3.05) is 42.2 Å². The second kappa shape index (κ2) is 6.73. The lowest BCUT2D eigenvalue weighted by atomic mass is 9.92. The highest BCUT2D eigenvalue weighted by atomic mass is 16.6. The van der Waals surface area contributed by atoms with Crippen molar-refractivity contribution in [3.8, 4) is 0 Å². The first-order valence-electron chi connectivity index (χ1n) is 7.34. The number of piperidine rings is 1. The van der Waals surface area contributed by atoms with Crippen LogP contribution in [0.1, 0.15) is 20.3 Å². The van der Waals surface area contributed by atoms with Crippen LogP contribution in [0.25, 0.3) is 0 Å². The molecule has 1 saturated heterocycles. The summed E-state index contributed by atoms with van der Waals surface area (Å²) in [5.74, 6) is 1.12. The minimum atomic E-state index is -0.537. The summed E-state index contributed by atoms with van der Waals surface area (Å²) in [6.45, 7) is 5.78. The molecule has 0 saturated carbocycles. The summed E-state index contributed by atoms with van der Waals surface area (Å²) in [6.07, 6.45) is 1.08. The molecule has 2 rings (SSSR count). The van der Waals surface area contributed by atoms with Crippen LogP contribution in [-0.2, 0) is 0 Å². The number of aliphatic hydroxyl groups is 1. The van der Waals surface area contributed by atoms with E-state index in [2.05, 4.69) is 29.1 Å². The molecule has 2 unspecified atom stereocenters. The second-order valence-corrected chi connectivity index (χ2v) is 5.86. The molecule has 1 fully saturated rings. The van der Waals surface area contributed by atoms with Crippen molar-refractivity contribution < 1.29 is 10.0 Å². The average Bonchev–Trinajstić information content (AvgIpc) is 2.42. The molecule has 0 spiro atoms. The van der Waals surface area contributed by atoms with Gasteiger partial charge < -0.3 is 21.1 Å². The molecule has 22 heavy (non-hydrogen) atoms. The van der Waals surface area contributed by atoms with E-state index in [4.69, 9.17) is 10.8 Å². The molecule has 4 N–H and O–H groups in total. The van der Waals surface area contributed by atoms with Gasteiger partial charge in [0.25, 0.3) is 0 Å². The summed E-state index contributed by atoms with van der Waals surface area (Å²) in [7, 11) is 0. The number of nitrogen functional groups attached to an aromatic ring is 1. The number of nitrogens with zero attached hydrogens (tertiary/aromatic N) is 4. The summed E-state index contributed by atoms with van der Waals surface area (Å²) < 4.78 is 0. The molecule has 0 radical (unpaired) electrons. The number of nitrogens with two attached hydrogens (primary N) is 1. The van der Waals surface area contributed by atoms with Gasteiger partial charge in [-0.2, -0.15) is 9.97 Å². The fourth-order valence-corrected chi connectivity index (χ4v) is 2.94. The second-order valence-electron chi connectivity index (χ2n) is 5.86. The Kier molecular flexibility index (Phi) is 4.96. The first-order valence-corrected chi connectivity index (χ1v) is 7.34. The maximum atomic E-state index is 11.3. The van der Waals surface area contributed by atoms with Crippen molar-refractivity contribution in [2.24, 2.45) is 11.8 Å². The Hall–Kier alpha value is -2.16. The van der Waals surface area contributed by atoms with Gasteiger partial charge in [0.05, 0.1) is 11.5 Å². The highest BCUT2D eigenvalue weighted by Crippen LogP contribution is 2.35. The Morgan fingerprint density at radius 3 is 2.59 bits per heavy atom. The van der Waals surface area contributed by atoms with Crippen molar-refractivity contribution in [2.45, 2.75) is 20.3 Å². The van der Waals surface area contributed by atoms with E-state index in [1.807, 2.05) is 4.90 Å². The van der Waals surface area contributed by atoms with Crippen molar-refractivity contribution in [3.63, 3.8) is 0 Å². The molecule has 1 aromatic heterocycles. The van der Waals surface area contributed by atoms with Gasteiger partial charge >= 0.3 is 5.69 Å². The van der Waals surface area contributed by atoms with Crippen LogP contribution in [0.2, 0.25) is 0 Å². The minimum Gasteiger partial charge on any atom is -0.395 e. The molecule has 0 aliphatic carbocycles. The molecule has 0 aromatic carbocycles. The molecule has 2 atom stereocenters. The number of hydrogen-bond donors (Lipinski definition) is 3. The summed E-state index contributed by atoms with van der Waals surface area (Å²) in [5, 5.41) is 23.0. The molecular weight excluding hydrogens is 288 g/mol. The molecule has 1 aromatic rings. The Bertz CT molecular complexity index is 543. The fourth-order valence-electron chi connectivity index (χ4n) is 2.94. The van der Waals surface area contributed by atoms with Crippen LogP contribution in [0.4, 0.5) is 23.3 Å². The average molecular weight is 310 g/mol. The van der Waals surface area contributed by atoms with Crippen LogP contribution in [0.3, 0.4) is 0 Å². The van der Waals surface area contributed by atoms with Gasteiger partial charge in [0.2, 0.25) is 17.6 Å². The topological polar surface area (TPSA) is 130 Å². The Morgan fingerprint density at radius 1 is 1.41 bits per heavy atom. The molecule has 0 amide bonds. The lowest BCUT2D eigenvalue weighted by Gasteiger charge is -2.35. The summed E-state index contributed by atoms with van der Waals surface area (Å²) in [6, 6.07) is 0. The van der Waals surface area contributed by atoms with Gasteiger partial charge in [-0.1, -0.05) is 13.8 Å². The third-order valence-electron chi connectivity index (χ3n) is 3.64. The Balaban J connectivity index is 2.41. The van der Waals surface area contributed by atoms with Crippen molar-refractivity contribution in [1.82, 2.24) is 9.97 Å². The third-order valence-corrected chi connectivity index (χ3v) is 3.64. The van der Waals surface area contributed by atoms with Crippen molar-refractivity contribution >= 4 is 23.3 Å². The fraction of sp³-hybridized carbons (Fsp3) is 0.692. The molecule has 9 nitrogen and oxygen atoms in total. The third kappa shape index (κ3) is 3.53. The molecule has 1 aliphatic heterocycles. The molecule has 0 bridgehead atoms. The van der Waals surface area contributed by atoms with Gasteiger partial charge in [0.1, 0.15) is 0 Å². The maximum absolute atomic E-state index is 11.3. The van der Waals surface area contributed by atoms with Crippen LogP contribution in [0.5, 0.6) is 0 Å². The lowest BCUT2D eigenvalue weighted by molar-refractivity contribution is -0.383. The SMILES string of the molecule is CC1CC(C)CN(c2nc(NCCO)nc(N)c2[N+](=O)[O-])C1. The predicted molar refractivity (Wildman–Crippen MR) is 83.8 cm³/mol. The van der Waals surface area contributed by atoms with Gasteiger partial charge in [0.15, 0.2) is 0 Å². The molecule has 2 heterocycles. The van der Waals surface area contributed by atoms with Crippen molar-refractivity contribution in [3.05, 3.63) is 10.1 Å². The summed E-state index contributed by atoms with van der Waals surface area (Å²) in [5.41, 5.74) is 5.50. The van der Waals surface area contributed by atoms with Crippen molar-refractivity contribution in [1.29, 1.82) is 0 Å². The molecule has 1 aliphatic rings. The lowest BCUT2D eigenvalue weighted by Crippen LogP contribution is -2.39. The number of aromatic nitrogens is 2. The van der Waals surface area contributed by atoms with E-state index in [1.54, 1.807) is 0 Å². The first kappa shape index (κ1) is 16.2. The van der Waals surface area contributed by atoms with Gasteiger partial charge in [0, 0.05) is 19.6 Å². The maximum Gasteiger partial charge on any atom is 0.353 e. The van der Waals surface area contributed by atoms with E-state index in [1.165, 1.54) is 0 Å². The van der Waals surface area contributed by atoms with E-state index >= 15 is 0 Å². The van der Waals surface area contributed by atoms with Crippen LogP contribution >= 0.6 is 0 Å². The van der Waals surface area contributed by atoms with Gasteiger partial charge in [-0.15, -0.1) is 0 Å². The highest BCUT2D eigenvalue weighted by Gasteiger charge is 2.31. The molecule has 9 heteroatoms. The van der Waals surface area contributed by atoms with Crippen LogP contribution in [0.15, 0.2) is 0 Å². The van der Waals surface area contributed by atoms with E-state index in [0.717, 1.165) is 6.42 Å². The summed E-state index contributed by atoms with van der Waals surface area (Å²) >= 11 is 0. The van der Waals surface area contributed by atoms with Gasteiger partial charge in [-0.25, -0.2) is 0 Å². The first-order chi connectivity index (χ1) is 10.4. The zero-order chi connectivity index (χ0) is 16.3. The Labute approximate surface area is 128 Å². The van der Waals surface area contributed by atoms with Gasteiger partial charge in [-0.3, -0.25) is 10.1 Å². The van der Waals surface area contributed by atoms with Crippen LogP contribution in [0, 0.1) is 22.0 Å². The number of nitrogens with one attached hydrogen (secondary N) is 1. The standard InChI is InChI=1S/C13H22N6O3/c1-8-5-9(2)7-18(6-8)12-10(19(21)22)11(14)16-13(17-12)15-3-4-20/h8-9,20H,3-7H2,1-2H3,(H3,14,15,16,17). The molecular formula is C13H22N6O3. The molecule has 122 valence electrons. The predicted octanol–water partition coefficient (Wildman–Crippen LogP) is 0.854. The van der Waals surface area contributed by atoms with E-state index in [9.17, 15) is 10.1 Å². The zero-order valence-corrected chi connectivity index (χ0v) is 12.8. The number of nitro groups is 1. The minimum absolute atomic E-state index is 0.0899. The normalized spacial score (nSPS) is 21.7. The number of aliphatic hydroxyl groups excluding tert-OH is 1. The largest absolute Gasteiger partial charge is 0.395 e. The van der Waals surface area contributed by atoms with E-state index < -0.39 is 4.92 Å². The highest BCUT2D eigenvalue weighted by molar-refractivity contribution is 5.71. The van der Waals surface area contributed by atoms with Gasteiger partial charge in [-0.05, 0) is 18.3 Å². The zero-order valence-electron chi connectivity index (χ0n) is 12.8. The quantitative estimate of drug-likeness (QED) is 0.539. The van der Waals surface area contributed by atoms with Crippen LogP contribution < -0.4 is 16.0 Å². The summed E-state index contributed by atoms with van der Waals surface area (Å²) in [4.78, 5) is 20.9. The smallest absolute Gasteiger partial charge is 0.353 e. The van der Waals surface area contributed by atoms with E-state index in [-0.39, 0.29) is 36.4 Å². The van der Waals surface area contributed by atoms with E-state index in [0.29, 0.717) is 24.9 Å². The number of anilines is 3. The Morgan fingerprint density at radius 2 is 2.05 bits per heavy atom.